The highest BCUT2D eigenvalue weighted by molar-refractivity contribution is 7.98. The second kappa shape index (κ2) is 10.9. The Morgan fingerprint density at radius 1 is 1.36 bits per heavy atom. The Morgan fingerprint density at radius 3 is 2.64 bits per heavy atom. The number of amides is 1. The first kappa shape index (κ1) is 21.2. The molecule has 0 aliphatic carbocycles. The van der Waals surface area contributed by atoms with Crippen LogP contribution in [0.4, 0.5) is 5.69 Å². The van der Waals surface area contributed by atoms with Crippen molar-refractivity contribution < 1.29 is 19.2 Å². The Hall–Kier alpha value is -1.84. The molecule has 0 spiro atoms. The topological polar surface area (TPSA) is 93.9 Å². The minimum Gasteiger partial charge on any atom is -0.495 e. The lowest BCUT2D eigenvalue weighted by atomic mass is 10.1. The molecular formula is C16H25N3O5S. The van der Waals surface area contributed by atoms with Gasteiger partial charge < -0.3 is 19.7 Å². The molecule has 0 atom stereocenters. The van der Waals surface area contributed by atoms with E-state index < -0.39 is 10.8 Å². The highest BCUT2D eigenvalue weighted by Crippen LogP contribution is 2.34. The van der Waals surface area contributed by atoms with Crippen LogP contribution in [0, 0.1) is 10.1 Å². The molecule has 0 bridgehead atoms. The fourth-order valence-corrected chi connectivity index (χ4v) is 2.83. The van der Waals surface area contributed by atoms with Crippen LogP contribution in [0.1, 0.15) is 16.8 Å². The van der Waals surface area contributed by atoms with Crippen molar-refractivity contribution in [3.8, 4) is 5.75 Å². The lowest BCUT2D eigenvalue weighted by Crippen LogP contribution is -2.34. The zero-order valence-electron chi connectivity index (χ0n) is 15.0. The molecule has 8 nitrogen and oxygen atoms in total. The van der Waals surface area contributed by atoms with Crippen LogP contribution in [0.5, 0.6) is 5.75 Å². The van der Waals surface area contributed by atoms with E-state index in [4.69, 9.17) is 9.47 Å². The predicted molar refractivity (Wildman–Crippen MR) is 97.8 cm³/mol. The molecule has 0 saturated heterocycles. The maximum absolute atomic E-state index is 12.4. The van der Waals surface area contributed by atoms with Crippen molar-refractivity contribution in [1.29, 1.82) is 0 Å². The van der Waals surface area contributed by atoms with E-state index in [9.17, 15) is 14.9 Å². The number of thioether (sulfide) groups is 1. The zero-order chi connectivity index (χ0) is 18.8. The van der Waals surface area contributed by atoms with Crippen molar-refractivity contribution in [3.05, 3.63) is 27.8 Å². The fraction of sp³-hybridized carbons (Fsp3) is 0.562. The van der Waals surface area contributed by atoms with Gasteiger partial charge in [-0.05, 0) is 25.8 Å². The Morgan fingerprint density at radius 2 is 2.08 bits per heavy atom. The van der Waals surface area contributed by atoms with E-state index in [0.29, 0.717) is 30.3 Å². The largest absolute Gasteiger partial charge is 0.495 e. The summed E-state index contributed by atoms with van der Waals surface area (Å²) in [6.45, 7) is 2.59. The van der Waals surface area contributed by atoms with Gasteiger partial charge >= 0.3 is 0 Å². The summed E-state index contributed by atoms with van der Waals surface area (Å²) in [7, 11) is 5.05. The zero-order valence-corrected chi connectivity index (χ0v) is 15.9. The molecule has 1 aromatic carbocycles. The minimum atomic E-state index is -0.571. The van der Waals surface area contributed by atoms with E-state index in [1.807, 2.05) is 13.3 Å². The van der Waals surface area contributed by atoms with Crippen molar-refractivity contribution in [2.24, 2.45) is 0 Å². The number of ether oxygens (including phenoxy) is 2. The lowest BCUT2D eigenvalue weighted by molar-refractivity contribution is -0.385. The third kappa shape index (κ3) is 6.52. The van der Waals surface area contributed by atoms with Gasteiger partial charge in [0, 0.05) is 33.4 Å². The molecule has 0 fully saturated rings. The Kier molecular flexibility index (Phi) is 9.25. The number of hydrogen-bond acceptors (Lipinski definition) is 7. The summed E-state index contributed by atoms with van der Waals surface area (Å²) in [5.41, 5.74) is -0.224. The maximum atomic E-state index is 12.4. The van der Waals surface area contributed by atoms with Crippen molar-refractivity contribution in [1.82, 2.24) is 10.2 Å². The van der Waals surface area contributed by atoms with Gasteiger partial charge in [-0.15, -0.1) is 11.8 Å². The molecule has 1 aromatic rings. The van der Waals surface area contributed by atoms with Gasteiger partial charge in [-0.1, -0.05) is 0 Å². The molecule has 0 aliphatic heterocycles. The summed E-state index contributed by atoms with van der Waals surface area (Å²) in [5.74, 6) is -0.0800. The normalized spacial score (nSPS) is 10.8. The third-order valence-corrected chi connectivity index (χ3v) is 4.37. The van der Waals surface area contributed by atoms with E-state index in [0.717, 1.165) is 13.0 Å². The molecule has 0 radical (unpaired) electrons. The van der Waals surface area contributed by atoms with Crippen molar-refractivity contribution in [2.45, 2.75) is 11.3 Å². The maximum Gasteiger partial charge on any atom is 0.285 e. The summed E-state index contributed by atoms with van der Waals surface area (Å²) < 4.78 is 10.1. The van der Waals surface area contributed by atoms with Gasteiger partial charge in [-0.2, -0.15) is 0 Å². The SMILES string of the molecule is COCCCN(C)CCNC(=O)c1cc(SC)c(OC)cc1[N+](=O)[O-]. The average Bonchev–Trinajstić information content (AvgIpc) is 2.60. The molecule has 1 amide bonds. The summed E-state index contributed by atoms with van der Waals surface area (Å²) in [6, 6.07) is 2.79. The molecular weight excluding hydrogens is 346 g/mol. The van der Waals surface area contributed by atoms with Crippen LogP contribution in [-0.2, 0) is 4.74 Å². The highest BCUT2D eigenvalue weighted by Gasteiger charge is 2.23. The van der Waals surface area contributed by atoms with E-state index in [2.05, 4.69) is 10.2 Å². The molecule has 0 saturated carbocycles. The van der Waals surface area contributed by atoms with Crippen LogP contribution in [0.15, 0.2) is 17.0 Å². The summed E-state index contributed by atoms with van der Waals surface area (Å²) >= 11 is 1.36. The number of rotatable bonds is 11. The number of methoxy groups -OCH3 is 2. The molecule has 140 valence electrons. The average molecular weight is 371 g/mol. The van der Waals surface area contributed by atoms with Crippen LogP contribution >= 0.6 is 11.8 Å². The molecule has 0 unspecified atom stereocenters. The summed E-state index contributed by atoms with van der Waals surface area (Å²) in [5, 5.41) is 14.0. The first-order chi connectivity index (χ1) is 11.9. The van der Waals surface area contributed by atoms with Crippen LogP contribution in [-0.4, -0.2) is 69.5 Å². The van der Waals surface area contributed by atoms with E-state index in [1.54, 1.807) is 7.11 Å². The number of carbonyl (C=O) groups is 1. The van der Waals surface area contributed by atoms with E-state index in [-0.39, 0.29) is 11.3 Å². The molecule has 1 N–H and O–H groups in total. The minimum absolute atomic E-state index is 0.0391. The Balaban J connectivity index is 2.75. The van der Waals surface area contributed by atoms with Gasteiger partial charge in [0.1, 0.15) is 11.3 Å². The monoisotopic (exact) mass is 371 g/mol. The fourth-order valence-electron chi connectivity index (χ4n) is 2.25. The van der Waals surface area contributed by atoms with Gasteiger partial charge in [0.05, 0.1) is 23.0 Å². The standard InChI is InChI=1S/C16H25N3O5S/c1-18(7-5-9-23-2)8-6-17-16(20)12-10-15(25-4)14(24-3)11-13(12)19(21)22/h10-11H,5-9H2,1-4H3,(H,17,20). The number of nitro benzene ring substituents is 1. The highest BCUT2D eigenvalue weighted by atomic mass is 32.2. The Labute approximate surface area is 152 Å². The van der Waals surface area contributed by atoms with Gasteiger partial charge in [-0.3, -0.25) is 14.9 Å². The van der Waals surface area contributed by atoms with Crippen molar-refractivity contribution in [3.63, 3.8) is 0 Å². The van der Waals surface area contributed by atoms with Gasteiger partial charge in [-0.25, -0.2) is 0 Å². The predicted octanol–water partition coefficient (Wildman–Crippen LogP) is 2.02. The first-order valence-electron chi connectivity index (χ1n) is 7.80. The molecule has 25 heavy (non-hydrogen) atoms. The number of nitro groups is 1. The van der Waals surface area contributed by atoms with Crippen LogP contribution < -0.4 is 10.1 Å². The Bertz CT molecular complexity index is 597. The lowest BCUT2D eigenvalue weighted by Gasteiger charge is -2.16. The first-order valence-corrected chi connectivity index (χ1v) is 9.03. The molecule has 0 heterocycles. The second-order valence-electron chi connectivity index (χ2n) is 5.39. The molecule has 9 heteroatoms. The van der Waals surface area contributed by atoms with Gasteiger partial charge in [0.25, 0.3) is 11.6 Å². The van der Waals surface area contributed by atoms with Crippen LogP contribution in [0.2, 0.25) is 0 Å². The van der Waals surface area contributed by atoms with Gasteiger partial charge in [0.15, 0.2) is 0 Å². The van der Waals surface area contributed by atoms with E-state index >= 15 is 0 Å². The van der Waals surface area contributed by atoms with Crippen LogP contribution in [0.3, 0.4) is 0 Å². The number of hydrogen-bond donors (Lipinski definition) is 1. The quantitative estimate of drug-likeness (QED) is 0.275. The van der Waals surface area contributed by atoms with E-state index in [1.165, 1.54) is 31.0 Å². The number of benzene rings is 1. The smallest absolute Gasteiger partial charge is 0.285 e. The third-order valence-electron chi connectivity index (χ3n) is 3.61. The molecule has 0 aromatic heterocycles. The van der Waals surface area contributed by atoms with Gasteiger partial charge in [0.2, 0.25) is 0 Å². The molecule has 0 aliphatic rings. The second-order valence-corrected chi connectivity index (χ2v) is 6.24. The van der Waals surface area contributed by atoms with Crippen molar-refractivity contribution >= 4 is 23.4 Å². The van der Waals surface area contributed by atoms with Crippen molar-refractivity contribution in [2.75, 3.05) is 53.8 Å². The number of carbonyl (C=O) groups excluding carboxylic acids is 1. The number of likely N-dealkylation sites (N-methyl/N-ethyl adjacent to an activating group) is 1. The summed E-state index contributed by atoms with van der Waals surface area (Å²) in [6.07, 6.45) is 2.72. The van der Waals surface area contributed by atoms with Crippen LogP contribution in [0.25, 0.3) is 0 Å². The number of nitrogens with zero attached hydrogens (tertiary/aromatic N) is 2. The summed E-state index contributed by atoms with van der Waals surface area (Å²) in [4.78, 5) is 25.8. The molecule has 1 rings (SSSR count). The number of nitrogens with one attached hydrogen (secondary N) is 1.